The molecule has 0 saturated heterocycles. The van der Waals surface area contributed by atoms with Gasteiger partial charge in [-0.3, -0.25) is 4.99 Å². The van der Waals surface area contributed by atoms with Crippen LogP contribution in [0.5, 0.6) is 5.75 Å². The van der Waals surface area contributed by atoms with Gasteiger partial charge in [-0.05, 0) is 19.9 Å². The molecule has 0 bridgehead atoms. The van der Waals surface area contributed by atoms with Gasteiger partial charge in [0, 0.05) is 31.8 Å². The van der Waals surface area contributed by atoms with Crippen LogP contribution < -0.4 is 15.4 Å². The van der Waals surface area contributed by atoms with Crippen molar-refractivity contribution in [2.24, 2.45) is 4.99 Å². The van der Waals surface area contributed by atoms with Gasteiger partial charge in [0.05, 0.1) is 11.8 Å². The van der Waals surface area contributed by atoms with Crippen molar-refractivity contribution in [1.29, 1.82) is 0 Å². The van der Waals surface area contributed by atoms with Gasteiger partial charge in [0.2, 0.25) is 0 Å². The van der Waals surface area contributed by atoms with Crippen molar-refractivity contribution in [3.63, 3.8) is 0 Å². The normalized spacial score (nSPS) is 20.3. The molecule has 6 nitrogen and oxygen atoms in total. The Hall–Kier alpha value is -1.76. The number of hydrogen-bond donors (Lipinski definition) is 2. The summed E-state index contributed by atoms with van der Waals surface area (Å²) >= 11 is 0. The van der Waals surface area contributed by atoms with E-state index >= 15 is 0 Å². The fourth-order valence-electron chi connectivity index (χ4n) is 2.65. The third-order valence-corrected chi connectivity index (χ3v) is 4.62. The van der Waals surface area contributed by atoms with E-state index in [9.17, 15) is 8.42 Å². The van der Waals surface area contributed by atoms with E-state index < -0.39 is 9.84 Å². The minimum Gasteiger partial charge on any atom is -0.487 e. The first-order valence-electron chi connectivity index (χ1n) is 7.63. The molecule has 0 fully saturated rings. The predicted molar refractivity (Wildman–Crippen MR) is 92.7 cm³/mol. The van der Waals surface area contributed by atoms with Gasteiger partial charge in [0.1, 0.15) is 21.2 Å². The van der Waals surface area contributed by atoms with E-state index in [-0.39, 0.29) is 17.4 Å². The van der Waals surface area contributed by atoms with E-state index in [0.717, 1.165) is 17.7 Å². The number of aliphatic imine (C=N–C) groups is 1. The van der Waals surface area contributed by atoms with Crippen molar-refractivity contribution >= 4 is 15.8 Å². The molecule has 1 unspecified atom stereocenters. The Kier molecular flexibility index (Phi) is 5.19. The Labute approximate surface area is 138 Å². The Morgan fingerprint density at radius 3 is 2.74 bits per heavy atom. The summed E-state index contributed by atoms with van der Waals surface area (Å²) in [5, 5.41) is 6.42. The fourth-order valence-corrected chi connectivity index (χ4v) is 3.12. The number of benzene rings is 1. The highest BCUT2D eigenvalue weighted by atomic mass is 32.2. The van der Waals surface area contributed by atoms with Crippen LogP contribution in [0.25, 0.3) is 0 Å². The number of hydrogen-bond acceptors (Lipinski definition) is 4. The Morgan fingerprint density at radius 2 is 2.09 bits per heavy atom. The minimum atomic E-state index is -2.99. The van der Waals surface area contributed by atoms with Crippen molar-refractivity contribution in [3.8, 4) is 5.75 Å². The molecule has 1 atom stereocenters. The maximum atomic E-state index is 11.2. The van der Waals surface area contributed by atoms with Crippen LogP contribution in [0.2, 0.25) is 0 Å². The van der Waals surface area contributed by atoms with Gasteiger partial charge in [-0.25, -0.2) is 8.42 Å². The van der Waals surface area contributed by atoms with Gasteiger partial charge in [-0.2, -0.15) is 0 Å². The summed E-state index contributed by atoms with van der Waals surface area (Å²) < 4.78 is 28.5. The maximum Gasteiger partial charge on any atom is 0.191 e. The quantitative estimate of drug-likeness (QED) is 0.642. The monoisotopic (exact) mass is 339 g/mol. The summed E-state index contributed by atoms with van der Waals surface area (Å²) in [5.74, 6) is 1.53. The van der Waals surface area contributed by atoms with Gasteiger partial charge in [0.25, 0.3) is 0 Å². The number of para-hydroxylation sites is 1. The van der Waals surface area contributed by atoms with Crippen LogP contribution in [-0.4, -0.2) is 45.6 Å². The van der Waals surface area contributed by atoms with Crippen LogP contribution in [0.3, 0.4) is 0 Å². The number of nitrogens with one attached hydrogen (secondary N) is 2. The zero-order chi connectivity index (χ0) is 17.1. The van der Waals surface area contributed by atoms with E-state index in [1.54, 1.807) is 7.05 Å². The van der Waals surface area contributed by atoms with Gasteiger partial charge in [-0.15, -0.1) is 0 Å². The summed E-state index contributed by atoms with van der Waals surface area (Å²) in [5.41, 5.74) is 0.801. The Balaban J connectivity index is 2.08. The van der Waals surface area contributed by atoms with Crippen LogP contribution in [0.1, 0.15) is 31.9 Å². The molecule has 23 heavy (non-hydrogen) atoms. The zero-order valence-electron chi connectivity index (χ0n) is 14.1. The van der Waals surface area contributed by atoms with Crippen LogP contribution in [0.15, 0.2) is 29.3 Å². The van der Waals surface area contributed by atoms with Crippen LogP contribution >= 0.6 is 0 Å². The largest absolute Gasteiger partial charge is 0.487 e. The van der Waals surface area contributed by atoms with Crippen molar-refractivity contribution in [2.45, 2.75) is 31.9 Å². The van der Waals surface area contributed by atoms with Gasteiger partial charge < -0.3 is 15.4 Å². The molecule has 2 rings (SSSR count). The van der Waals surface area contributed by atoms with E-state index in [1.165, 1.54) is 6.26 Å². The number of nitrogens with zero attached hydrogens (tertiary/aromatic N) is 1. The molecular weight excluding hydrogens is 314 g/mol. The average Bonchev–Trinajstić information content (AvgIpc) is 2.43. The number of fused-ring (bicyclic) bond motifs is 1. The van der Waals surface area contributed by atoms with Crippen molar-refractivity contribution < 1.29 is 13.2 Å². The van der Waals surface area contributed by atoms with Crippen LogP contribution in [0.4, 0.5) is 0 Å². The van der Waals surface area contributed by atoms with E-state index in [1.807, 2.05) is 24.3 Å². The van der Waals surface area contributed by atoms with Gasteiger partial charge in [0.15, 0.2) is 5.96 Å². The first-order valence-corrected chi connectivity index (χ1v) is 9.69. The molecule has 0 radical (unpaired) electrons. The second-order valence-electron chi connectivity index (χ2n) is 6.43. The summed E-state index contributed by atoms with van der Waals surface area (Å²) in [6, 6.07) is 7.99. The van der Waals surface area contributed by atoms with Crippen LogP contribution in [-0.2, 0) is 9.84 Å². The summed E-state index contributed by atoms with van der Waals surface area (Å²) in [4.78, 5) is 4.18. The molecule has 0 aliphatic carbocycles. The first kappa shape index (κ1) is 17.6. The second-order valence-corrected chi connectivity index (χ2v) is 8.69. The minimum absolute atomic E-state index is 0.0550. The molecular formula is C16H25N3O3S. The van der Waals surface area contributed by atoms with E-state index in [2.05, 4.69) is 29.5 Å². The molecule has 2 N–H and O–H groups in total. The lowest BCUT2D eigenvalue weighted by Gasteiger charge is -2.38. The zero-order valence-corrected chi connectivity index (χ0v) is 14.9. The smallest absolute Gasteiger partial charge is 0.191 e. The molecule has 7 heteroatoms. The maximum absolute atomic E-state index is 11.2. The van der Waals surface area contributed by atoms with Crippen molar-refractivity contribution in [2.75, 3.05) is 25.6 Å². The Morgan fingerprint density at radius 1 is 1.39 bits per heavy atom. The second kappa shape index (κ2) is 6.78. The lowest BCUT2D eigenvalue weighted by Crippen LogP contribution is -2.46. The summed E-state index contributed by atoms with van der Waals surface area (Å²) in [6.07, 6.45) is 2.01. The molecule has 1 heterocycles. The van der Waals surface area contributed by atoms with Gasteiger partial charge >= 0.3 is 0 Å². The Bertz CT molecular complexity index is 684. The van der Waals surface area contributed by atoms with Crippen molar-refractivity contribution in [3.05, 3.63) is 29.8 Å². The number of rotatable bonds is 4. The standard InChI is InChI=1S/C16H25N3O3S/c1-16(2)11-13(12-7-5-6-8-14(12)22-16)19-15(17-3)18-9-10-23(4,20)21/h5-8,13H,9-11H2,1-4H3,(H2,17,18,19). The summed E-state index contributed by atoms with van der Waals surface area (Å²) in [7, 11) is -1.32. The highest BCUT2D eigenvalue weighted by Crippen LogP contribution is 2.39. The van der Waals surface area contributed by atoms with E-state index in [0.29, 0.717) is 12.5 Å². The van der Waals surface area contributed by atoms with Crippen molar-refractivity contribution in [1.82, 2.24) is 10.6 Å². The lowest BCUT2D eigenvalue weighted by atomic mass is 9.90. The van der Waals surface area contributed by atoms with E-state index in [4.69, 9.17) is 4.74 Å². The molecule has 1 aromatic rings. The molecule has 0 saturated carbocycles. The highest BCUT2D eigenvalue weighted by molar-refractivity contribution is 7.90. The lowest BCUT2D eigenvalue weighted by molar-refractivity contribution is 0.0694. The third kappa shape index (κ3) is 5.13. The molecule has 1 aromatic carbocycles. The molecule has 1 aliphatic heterocycles. The predicted octanol–water partition coefficient (Wildman–Crippen LogP) is 1.50. The highest BCUT2D eigenvalue weighted by Gasteiger charge is 2.33. The van der Waals surface area contributed by atoms with Gasteiger partial charge in [-0.1, -0.05) is 18.2 Å². The number of guanidine groups is 1. The molecule has 1 aliphatic rings. The number of sulfone groups is 1. The first-order chi connectivity index (χ1) is 10.7. The van der Waals surface area contributed by atoms with Crippen LogP contribution in [0, 0.1) is 0 Å². The topological polar surface area (TPSA) is 79.8 Å². The molecule has 0 aromatic heterocycles. The third-order valence-electron chi connectivity index (χ3n) is 3.68. The molecule has 0 spiro atoms. The fraction of sp³-hybridized carbons (Fsp3) is 0.562. The number of ether oxygens (including phenoxy) is 1. The molecule has 128 valence electrons. The average molecular weight is 339 g/mol. The summed E-state index contributed by atoms with van der Waals surface area (Å²) in [6.45, 7) is 4.43. The SMILES string of the molecule is CN=C(NCCS(C)(=O)=O)NC1CC(C)(C)Oc2ccccc21. The molecule has 0 amide bonds.